The van der Waals surface area contributed by atoms with Gasteiger partial charge in [-0.25, -0.2) is 0 Å². The summed E-state index contributed by atoms with van der Waals surface area (Å²) in [5, 5.41) is 10.8. The standard InChI is InChI=1S/C16H21N3S/c1-15(2)12(16(15,3)4)14-19-18-13(20-14)11(17)10-8-6-5-7-9-10/h5-9,11-12H,17H2,1-4H3. The molecule has 1 aliphatic carbocycles. The summed E-state index contributed by atoms with van der Waals surface area (Å²) in [6, 6.07) is 9.91. The zero-order valence-electron chi connectivity index (χ0n) is 12.4. The van der Waals surface area contributed by atoms with E-state index in [0.717, 1.165) is 15.6 Å². The molecule has 0 radical (unpaired) electrons. The predicted octanol–water partition coefficient (Wildman–Crippen LogP) is 3.74. The smallest absolute Gasteiger partial charge is 0.138 e. The molecule has 0 amide bonds. The summed E-state index contributed by atoms with van der Waals surface area (Å²) in [6.07, 6.45) is 0. The SMILES string of the molecule is CC1(C)C(c2nnc(C(N)c3ccccc3)s2)C1(C)C. The molecule has 1 aromatic carbocycles. The molecule has 0 aliphatic heterocycles. The molecule has 1 saturated carbocycles. The van der Waals surface area contributed by atoms with Crippen LogP contribution in [-0.4, -0.2) is 10.2 Å². The summed E-state index contributed by atoms with van der Waals surface area (Å²) >= 11 is 1.66. The highest BCUT2D eigenvalue weighted by atomic mass is 32.1. The second-order valence-corrected chi connectivity index (χ2v) is 7.78. The van der Waals surface area contributed by atoms with Gasteiger partial charge in [-0.05, 0) is 16.4 Å². The summed E-state index contributed by atoms with van der Waals surface area (Å²) < 4.78 is 0. The third-order valence-electron chi connectivity index (χ3n) is 5.15. The van der Waals surface area contributed by atoms with Crippen molar-refractivity contribution in [3.05, 3.63) is 45.9 Å². The van der Waals surface area contributed by atoms with Crippen molar-refractivity contribution in [2.45, 2.75) is 39.7 Å². The highest BCUT2D eigenvalue weighted by Crippen LogP contribution is 2.73. The van der Waals surface area contributed by atoms with E-state index in [4.69, 9.17) is 5.73 Å². The van der Waals surface area contributed by atoms with Crippen molar-refractivity contribution in [3.8, 4) is 0 Å². The van der Waals surface area contributed by atoms with Crippen LogP contribution in [0.1, 0.15) is 55.2 Å². The Morgan fingerprint density at radius 1 is 1.05 bits per heavy atom. The molecule has 0 spiro atoms. The van der Waals surface area contributed by atoms with Gasteiger partial charge in [-0.3, -0.25) is 0 Å². The van der Waals surface area contributed by atoms with Crippen molar-refractivity contribution in [1.29, 1.82) is 0 Å². The van der Waals surface area contributed by atoms with Crippen LogP contribution in [-0.2, 0) is 0 Å². The quantitative estimate of drug-likeness (QED) is 0.935. The summed E-state index contributed by atoms with van der Waals surface area (Å²) in [5.74, 6) is 0.490. The van der Waals surface area contributed by atoms with Crippen LogP contribution in [0.5, 0.6) is 0 Å². The van der Waals surface area contributed by atoms with Gasteiger partial charge >= 0.3 is 0 Å². The first-order chi connectivity index (χ1) is 9.35. The fourth-order valence-corrected chi connectivity index (χ4v) is 4.45. The second-order valence-electron chi connectivity index (χ2n) is 6.74. The average Bonchev–Trinajstić information content (AvgIpc) is 2.75. The Labute approximate surface area is 124 Å². The van der Waals surface area contributed by atoms with E-state index in [9.17, 15) is 0 Å². The minimum absolute atomic E-state index is 0.174. The van der Waals surface area contributed by atoms with Crippen molar-refractivity contribution in [3.63, 3.8) is 0 Å². The van der Waals surface area contributed by atoms with E-state index < -0.39 is 0 Å². The predicted molar refractivity (Wildman–Crippen MR) is 82.7 cm³/mol. The van der Waals surface area contributed by atoms with E-state index in [2.05, 4.69) is 37.9 Å². The first kappa shape index (κ1) is 13.7. The number of benzene rings is 1. The zero-order valence-corrected chi connectivity index (χ0v) is 13.2. The largest absolute Gasteiger partial charge is 0.318 e. The van der Waals surface area contributed by atoms with Gasteiger partial charge in [-0.2, -0.15) is 0 Å². The maximum absolute atomic E-state index is 6.29. The molecule has 106 valence electrons. The lowest BCUT2D eigenvalue weighted by Gasteiger charge is -2.07. The van der Waals surface area contributed by atoms with Crippen LogP contribution in [0, 0.1) is 10.8 Å². The fourth-order valence-electron chi connectivity index (χ4n) is 3.11. The van der Waals surface area contributed by atoms with E-state index >= 15 is 0 Å². The molecule has 1 fully saturated rings. The highest BCUT2D eigenvalue weighted by molar-refractivity contribution is 7.11. The first-order valence-electron chi connectivity index (χ1n) is 6.99. The molecule has 1 heterocycles. The van der Waals surface area contributed by atoms with Crippen LogP contribution >= 0.6 is 11.3 Å². The van der Waals surface area contributed by atoms with Gasteiger partial charge in [0.15, 0.2) is 0 Å². The number of nitrogens with two attached hydrogens (primary N) is 1. The van der Waals surface area contributed by atoms with Crippen molar-refractivity contribution in [2.24, 2.45) is 16.6 Å². The number of rotatable bonds is 3. The Kier molecular flexibility index (Phi) is 2.99. The van der Waals surface area contributed by atoms with Gasteiger partial charge in [-0.15, -0.1) is 10.2 Å². The van der Waals surface area contributed by atoms with Gasteiger partial charge in [0.1, 0.15) is 10.0 Å². The topological polar surface area (TPSA) is 51.8 Å². The molecule has 4 heteroatoms. The Morgan fingerprint density at radius 2 is 1.65 bits per heavy atom. The van der Waals surface area contributed by atoms with Gasteiger partial charge in [0.05, 0.1) is 6.04 Å². The van der Waals surface area contributed by atoms with Crippen molar-refractivity contribution in [1.82, 2.24) is 10.2 Å². The van der Waals surface area contributed by atoms with E-state index in [1.165, 1.54) is 0 Å². The molecule has 2 aromatic rings. The van der Waals surface area contributed by atoms with Gasteiger partial charge < -0.3 is 5.73 Å². The van der Waals surface area contributed by atoms with Crippen LogP contribution in [0.4, 0.5) is 0 Å². The lowest BCUT2D eigenvalue weighted by molar-refractivity contribution is 0.457. The Bertz CT molecular complexity index is 602. The molecule has 1 atom stereocenters. The van der Waals surface area contributed by atoms with Crippen LogP contribution in [0.25, 0.3) is 0 Å². The van der Waals surface area contributed by atoms with Crippen molar-refractivity contribution >= 4 is 11.3 Å². The third-order valence-corrected chi connectivity index (χ3v) is 6.22. The summed E-state index contributed by atoms with van der Waals surface area (Å²) in [6.45, 7) is 9.21. The molecule has 0 saturated heterocycles. The number of hydrogen-bond acceptors (Lipinski definition) is 4. The maximum Gasteiger partial charge on any atom is 0.138 e. The molecule has 0 bridgehead atoms. The minimum Gasteiger partial charge on any atom is -0.318 e. The highest BCUT2D eigenvalue weighted by Gasteiger charge is 2.66. The molecule has 1 unspecified atom stereocenters. The average molecular weight is 287 g/mol. The summed E-state index contributed by atoms with van der Waals surface area (Å²) in [7, 11) is 0. The minimum atomic E-state index is -0.174. The number of hydrogen-bond donors (Lipinski definition) is 1. The normalized spacial score (nSPS) is 21.6. The number of nitrogens with zero attached hydrogens (tertiary/aromatic N) is 2. The fraction of sp³-hybridized carbons (Fsp3) is 0.500. The van der Waals surface area contributed by atoms with Crippen LogP contribution < -0.4 is 5.73 Å². The Morgan fingerprint density at radius 3 is 2.20 bits per heavy atom. The van der Waals surface area contributed by atoms with Crippen LogP contribution in [0.2, 0.25) is 0 Å². The molecule has 3 nitrogen and oxygen atoms in total. The lowest BCUT2D eigenvalue weighted by Crippen LogP contribution is -2.11. The van der Waals surface area contributed by atoms with E-state index in [1.807, 2.05) is 30.3 Å². The molecular formula is C16H21N3S. The molecule has 2 N–H and O–H groups in total. The monoisotopic (exact) mass is 287 g/mol. The zero-order chi connectivity index (χ0) is 14.5. The molecule has 3 rings (SSSR count). The van der Waals surface area contributed by atoms with Gasteiger partial charge in [0, 0.05) is 5.92 Å². The Hall–Kier alpha value is -1.26. The van der Waals surface area contributed by atoms with E-state index in [1.54, 1.807) is 11.3 Å². The summed E-state index contributed by atoms with van der Waals surface area (Å²) in [5.41, 5.74) is 7.97. The lowest BCUT2D eigenvalue weighted by atomic mass is 10.0. The second kappa shape index (κ2) is 4.37. The molecule has 20 heavy (non-hydrogen) atoms. The van der Waals surface area contributed by atoms with Crippen molar-refractivity contribution in [2.75, 3.05) is 0 Å². The van der Waals surface area contributed by atoms with Gasteiger partial charge in [-0.1, -0.05) is 69.4 Å². The van der Waals surface area contributed by atoms with Gasteiger partial charge in [0.25, 0.3) is 0 Å². The number of aromatic nitrogens is 2. The summed E-state index contributed by atoms with van der Waals surface area (Å²) in [4.78, 5) is 0. The third kappa shape index (κ3) is 1.90. The van der Waals surface area contributed by atoms with Crippen LogP contribution in [0.15, 0.2) is 30.3 Å². The molecule has 1 aliphatic rings. The van der Waals surface area contributed by atoms with Gasteiger partial charge in [0.2, 0.25) is 0 Å². The van der Waals surface area contributed by atoms with Crippen LogP contribution in [0.3, 0.4) is 0 Å². The maximum atomic E-state index is 6.29. The Balaban J connectivity index is 1.86. The molecule has 1 aromatic heterocycles. The first-order valence-corrected chi connectivity index (χ1v) is 7.81. The van der Waals surface area contributed by atoms with E-state index in [-0.39, 0.29) is 6.04 Å². The van der Waals surface area contributed by atoms with E-state index in [0.29, 0.717) is 16.7 Å². The van der Waals surface area contributed by atoms with Crippen molar-refractivity contribution < 1.29 is 0 Å². The molecular weight excluding hydrogens is 266 g/mol.